The lowest BCUT2D eigenvalue weighted by molar-refractivity contribution is -0.133. The van der Waals surface area contributed by atoms with E-state index in [0.717, 1.165) is 63.6 Å². The molecule has 30 heavy (non-hydrogen) atoms. The number of methoxy groups -OCH3 is 1. The largest absolute Gasteiger partial charge is 0.496 e. The Kier molecular flexibility index (Phi) is 12.1. The zero-order chi connectivity index (χ0) is 21.2. The number of carbonyl (C=O) groups excluding carboxylic acids is 1. The van der Waals surface area contributed by atoms with Crippen LogP contribution in [-0.2, 0) is 11.2 Å². The SMILES string of the molecule is CN=C(NCCCN1CCCC1C(=O)N(C)C)NCCc1cc(C)ccc1OC.I. The van der Waals surface area contributed by atoms with Crippen LogP contribution in [-0.4, -0.2) is 82.1 Å². The summed E-state index contributed by atoms with van der Waals surface area (Å²) >= 11 is 0. The second-order valence-electron chi connectivity index (χ2n) is 7.77. The Morgan fingerprint density at radius 2 is 2.03 bits per heavy atom. The predicted octanol–water partition coefficient (Wildman–Crippen LogP) is 2.27. The van der Waals surface area contributed by atoms with E-state index in [1.165, 1.54) is 11.1 Å². The zero-order valence-electron chi connectivity index (χ0n) is 19.0. The number of nitrogens with zero attached hydrogens (tertiary/aromatic N) is 3. The Morgan fingerprint density at radius 3 is 2.70 bits per heavy atom. The minimum Gasteiger partial charge on any atom is -0.496 e. The zero-order valence-corrected chi connectivity index (χ0v) is 21.4. The molecule has 7 nitrogen and oxygen atoms in total. The van der Waals surface area contributed by atoms with Crippen LogP contribution in [0.3, 0.4) is 0 Å². The number of benzene rings is 1. The molecule has 1 amide bonds. The van der Waals surface area contributed by atoms with Gasteiger partial charge in [-0.3, -0.25) is 14.7 Å². The molecule has 2 N–H and O–H groups in total. The van der Waals surface area contributed by atoms with E-state index < -0.39 is 0 Å². The summed E-state index contributed by atoms with van der Waals surface area (Å²) in [5.41, 5.74) is 2.43. The summed E-state index contributed by atoms with van der Waals surface area (Å²) in [6.07, 6.45) is 3.91. The molecular formula is C22H38IN5O2. The first kappa shape index (κ1) is 26.5. The second kappa shape index (κ2) is 13.7. The van der Waals surface area contributed by atoms with E-state index in [1.54, 1.807) is 19.1 Å². The molecule has 0 bridgehead atoms. The van der Waals surface area contributed by atoms with Crippen molar-refractivity contribution in [2.45, 2.75) is 38.6 Å². The highest BCUT2D eigenvalue weighted by Crippen LogP contribution is 2.20. The number of halogens is 1. The number of rotatable bonds is 9. The lowest BCUT2D eigenvalue weighted by Crippen LogP contribution is -2.44. The van der Waals surface area contributed by atoms with Crippen molar-refractivity contribution in [2.24, 2.45) is 4.99 Å². The third-order valence-corrected chi connectivity index (χ3v) is 5.35. The lowest BCUT2D eigenvalue weighted by Gasteiger charge is -2.26. The van der Waals surface area contributed by atoms with Crippen molar-refractivity contribution in [1.82, 2.24) is 20.4 Å². The predicted molar refractivity (Wildman–Crippen MR) is 134 cm³/mol. The van der Waals surface area contributed by atoms with Crippen LogP contribution in [0.5, 0.6) is 5.75 Å². The number of likely N-dealkylation sites (tertiary alicyclic amines) is 1. The van der Waals surface area contributed by atoms with Gasteiger partial charge < -0.3 is 20.3 Å². The first-order valence-corrected chi connectivity index (χ1v) is 10.5. The fourth-order valence-corrected chi connectivity index (χ4v) is 3.80. The van der Waals surface area contributed by atoms with Gasteiger partial charge in [-0.15, -0.1) is 24.0 Å². The molecule has 0 radical (unpaired) electrons. The van der Waals surface area contributed by atoms with Gasteiger partial charge in [0, 0.05) is 40.8 Å². The van der Waals surface area contributed by atoms with E-state index in [1.807, 2.05) is 20.2 Å². The molecule has 2 rings (SSSR count). The molecule has 1 aliphatic rings. The van der Waals surface area contributed by atoms with Crippen molar-refractivity contribution in [1.29, 1.82) is 0 Å². The van der Waals surface area contributed by atoms with Crippen molar-refractivity contribution >= 4 is 35.8 Å². The summed E-state index contributed by atoms with van der Waals surface area (Å²) in [4.78, 5) is 20.6. The molecule has 1 saturated heterocycles. The van der Waals surface area contributed by atoms with Crippen LogP contribution in [0.25, 0.3) is 0 Å². The summed E-state index contributed by atoms with van der Waals surface area (Å²) in [7, 11) is 7.17. The molecule has 170 valence electrons. The van der Waals surface area contributed by atoms with Gasteiger partial charge in [0.15, 0.2) is 5.96 Å². The van der Waals surface area contributed by atoms with Gasteiger partial charge in [0.2, 0.25) is 5.91 Å². The number of nitrogens with one attached hydrogen (secondary N) is 2. The minimum absolute atomic E-state index is 0. The van der Waals surface area contributed by atoms with Crippen molar-refractivity contribution in [3.05, 3.63) is 29.3 Å². The first-order valence-electron chi connectivity index (χ1n) is 10.5. The number of aliphatic imine (C=N–C) groups is 1. The van der Waals surface area contributed by atoms with Crippen LogP contribution in [0.2, 0.25) is 0 Å². The number of aryl methyl sites for hydroxylation is 1. The van der Waals surface area contributed by atoms with Gasteiger partial charge in [0.25, 0.3) is 0 Å². The fraction of sp³-hybridized carbons (Fsp3) is 0.636. The van der Waals surface area contributed by atoms with Gasteiger partial charge in [-0.1, -0.05) is 17.7 Å². The Labute approximate surface area is 198 Å². The highest BCUT2D eigenvalue weighted by Gasteiger charge is 2.30. The molecule has 8 heteroatoms. The lowest BCUT2D eigenvalue weighted by atomic mass is 10.1. The molecule has 0 aliphatic carbocycles. The fourth-order valence-electron chi connectivity index (χ4n) is 3.80. The number of guanidine groups is 1. The van der Waals surface area contributed by atoms with E-state index in [-0.39, 0.29) is 35.9 Å². The van der Waals surface area contributed by atoms with Crippen molar-refractivity contribution in [2.75, 3.05) is 54.4 Å². The van der Waals surface area contributed by atoms with E-state index in [0.29, 0.717) is 0 Å². The quantitative estimate of drug-likeness (QED) is 0.222. The molecule has 1 aromatic rings. The molecule has 1 unspecified atom stereocenters. The average Bonchev–Trinajstić information content (AvgIpc) is 3.17. The normalized spacial score (nSPS) is 16.7. The summed E-state index contributed by atoms with van der Waals surface area (Å²) in [6, 6.07) is 6.29. The molecular weight excluding hydrogens is 493 g/mol. The van der Waals surface area contributed by atoms with Crippen molar-refractivity contribution < 1.29 is 9.53 Å². The molecule has 1 aliphatic heterocycles. The number of hydrogen-bond acceptors (Lipinski definition) is 4. The van der Waals surface area contributed by atoms with Gasteiger partial charge in [-0.05, 0) is 50.8 Å². The summed E-state index contributed by atoms with van der Waals surface area (Å²) in [5, 5.41) is 6.74. The monoisotopic (exact) mass is 531 g/mol. The highest BCUT2D eigenvalue weighted by atomic mass is 127. The third-order valence-electron chi connectivity index (χ3n) is 5.35. The average molecular weight is 531 g/mol. The maximum Gasteiger partial charge on any atom is 0.239 e. The smallest absolute Gasteiger partial charge is 0.239 e. The van der Waals surface area contributed by atoms with Crippen LogP contribution in [0.15, 0.2) is 23.2 Å². The minimum atomic E-state index is 0. The third kappa shape index (κ3) is 7.94. The summed E-state index contributed by atoms with van der Waals surface area (Å²) < 4.78 is 5.45. The highest BCUT2D eigenvalue weighted by molar-refractivity contribution is 14.0. The van der Waals surface area contributed by atoms with Gasteiger partial charge in [-0.2, -0.15) is 0 Å². The van der Waals surface area contributed by atoms with Gasteiger partial charge in [0.05, 0.1) is 13.2 Å². The van der Waals surface area contributed by atoms with Gasteiger partial charge >= 0.3 is 0 Å². The second-order valence-corrected chi connectivity index (χ2v) is 7.77. The van der Waals surface area contributed by atoms with Crippen molar-refractivity contribution in [3.63, 3.8) is 0 Å². The molecule has 0 aromatic heterocycles. The van der Waals surface area contributed by atoms with Crippen molar-refractivity contribution in [3.8, 4) is 5.75 Å². The van der Waals surface area contributed by atoms with Gasteiger partial charge in [-0.25, -0.2) is 0 Å². The number of ether oxygens (including phenoxy) is 1. The van der Waals surface area contributed by atoms with Crippen LogP contribution in [0, 0.1) is 6.92 Å². The Bertz CT molecular complexity index is 696. The van der Waals surface area contributed by atoms with Crippen LogP contribution in [0.1, 0.15) is 30.4 Å². The standard InChI is InChI=1S/C22H37N5O2.HI/c1-17-9-10-20(29-5)18(16-17)11-13-25-22(23-2)24-12-7-15-27-14-6-8-19(27)21(28)26(3)4;/h9-10,16,19H,6-8,11-15H2,1-5H3,(H2,23,24,25);1H. The number of hydrogen-bond donors (Lipinski definition) is 2. The van der Waals surface area contributed by atoms with E-state index >= 15 is 0 Å². The summed E-state index contributed by atoms with van der Waals surface area (Å²) in [6.45, 7) is 5.63. The molecule has 0 spiro atoms. The van der Waals surface area contributed by atoms with Crippen LogP contribution >= 0.6 is 24.0 Å². The number of amides is 1. The Hall–Kier alpha value is -1.55. The number of likely N-dealkylation sites (N-methyl/N-ethyl adjacent to an activating group) is 1. The molecule has 1 heterocycles. The molecule has 0 saturated carbocycles. The Morgan fingerprint density at radius 1 is 1.30 bits per heavy atom. The molecule has 1 atom stereocenters. The van der Waals surface area contributed by atoms with E-state index in [4.69, 9.17) is 4.74 Å². The first-order chi connectivity index (χ1) is 14.0. The van der Waals surface area contributed by atoms with Crippen LogP contribution in [0.4, 0.5) is 0 Å². The topological polar surface area (TPSA) is 69.2 Å². The maximum absolute atomic E-state index is 12.3. The molecule has 1 fully saturated rings. The van der Waals surface area contributed by atoms with E-state index in [2.05, 4.69) is 39.6 Å². The maximum atomic E-state index is 12.3. The van der Waals surface area contributed by atoms with Gasteiger partial charge in [0.1, 0.15) is 5.75 Å². The summed E-state index contributed by atoms with van der Waals surface area (Å²) in [5.74, 6) is 1.95. The molecule has 1 aromatic carbocycles. The van der Waals surface area contributed by atoms with Crippen LogP contribution < -0.4 is 15.4 Å². The van der Waals surface area contributed by atoms with E-state index in [9.17, 15) is 4.79 Å². The Balaban J connectivity index is 0.00000450. The number of carbonyl (C=O) groups is 1.